The number of nitrogens with zero attached hydrogens (tertiary/aromatic N) is 1. The molecule has 0 bridgehead atoms. The first-order chi connectivity index (χ1) is 6.27. The van der Waals surface area contributed by atoms with E-state index in [4.69, 9.17) is 9.57 Å². The molecule has 2 heterocycles. The van der Waals surface area contributed by atoms with Crippen LogP contribution in [0.25, 0.3) is 0 Å². The van der Waals surface area contributed by atoms with Crippen LogP contribution in [-0.4, -0.2) is 36.8 Å². The Morgan fingerprint density at radius 2 is 2.38 bits per heavy atom. The molecule has 0 aromatic carbocycles. The standard InChI is InChI=1S/C9H15NO3/c1-7-5-8(6-12-7)9(11)10-3-2-4-13-10/h7-8H,2-6H2,1H3. The minimum atomic E-state index is 0.0214. The van der Waals surface area contributed by atoms with E-state index in [1.807, 2.05) is 6.92 Å². The molecule has 0 spiro atoms. The average Bonchev–Trinajstić information content (AvgIpc) is 2.72. The van der Waals surface area contributed by atoms with Crippen molar-refractivity contribution in [3.05, 3.63) is 0 Å². The Bertz CT molecular complexity index is 201. The summed E-state index contributed by atoms with van der Waals surface area (Å²) in [7, 11) is 0. The number of ether oxygens (including phenoxy) is 1. The van der Waals surface area contributed by atoms with Crippen LogP contribution in [0, 0.1) is 5.92 Å². The molecule has 74 valence electrons. The van der Waals surface area contributed by atoms with Crippen LogP contribution in [0.4, 0.5) is 0 Å². The lowest BCUT2D eigenvalue weighted by Crippen LogP contribution is -2.33. The molecule has 2 unspecified atom stereocenters. The second-order valence-corrected chi connectivity index (χ2v) is 3.70. The van der Waals surface area contributed by atoms with Crippen molar-refractivity contribution < 1.29 is 14.4 Å². The van der Waals surface area contributed by atoms with Crippen molar-refractivity contribution in [3.8, 4) is 0 Å². The molecule has 2 aliphatic heterocycles. The Kier molecular flexibility index (Phi) is 2.51. The summed E-state index contributed by atoms with van der Waals surface area (Å²) < 4.78 is 5.34. The van der Waals surface area contributed by atoms with E-state index < -0.39 is 0 Å². The van der Waals surface area contributed by atoms with E-state index in [2.05, 4.69) is 0 Å². The Morgan fingerprint density at radius 3 is 2.92 bits per heavy atom. The molecule has 4 heteroatoms. The monoisotopic (exact) mass is 185 g/mol. The molecule has 13 heavy (non-hydrogen) atoms. The maximum Gasteiger partial charge on any atom is 0.251 e. The number of carbonyl (C=O) groups excluding carboxylic acids is 1. The molecule has 1 amide bonds. The minimum absolute atomic E-state index is 0.0214. The van der Waals surface area contributed by atoms with Crippen LogP contribution in [0.15, 0.2) is 0 Å². The van der Waals surface area contributed by atoms with Gasteiger partial charge in [-0.15, -0.1) is 0 Å². The van der Waals surface area contributed by atoms with Crippen LogP contribution >= 0.6 is 0 Å². The Labute approximate surface area is 77.7 Å². The van der Waals surface area contributed by atoms with Crippen molar-refractivity contribution in [1.29, 1.82) is 0 Å². The van der Waals surface area contributed by atoms with Crippen molar-refractivity contribution in [2.24, 2.45) is 5.92 Å². The normalized spacial score (nSPS) is 34.1. The van der Waals surface area contributed by atoms with Crippen LogP contribution in [-0.2, 0) is 14.4 Å². The summed E-state index contributed by atoms with van der Waals surface area (Å²) in [4.78, 5) is 16.9. The van der Waals surface area contributed by atoms with E-state index in [0.717, 1.165) is 19.4 Å². The fourth-order valence-corrected chi connectivity index (χ4v) is 1.81. The van der Waals surface area contributed by atoms with Crippen LogP contribution < -0.4 is 0 Å². The second-order valence-electron chi connectivity index (χ2n) is 3.70. The number of hydrogen-bond acceptors (Lipinski definition) is 3. The molecule has 0 saturated carbocycles. The van der Waals surface area contributed by atoms with Crippen LogP contribution in [0.5, 0.6) is 0 Å². The number of rotatable bonds is 1. The van der Waals surface area contributed by atoms with E-state index in [1.165, 1.54) is 5.06 Å². The number of amides is 1. The first kappa shape index (κ1) is 8.97. The van der Waals surface area contributed by atoms with Gasteiger partial charge in [0.05, 0.1) is 31.8 Å². The predicted molar refractivity (Wildman–Crippen MR) is 45.8 cm³/mol. The molecule has 0 N–H and O–H groups in total. The summed E-state index contributed by atoms with van der Waals surface area (Å²) in [5, 5.41) is 1.49. The van der Waals surface area contributed by atoms with Gasteiger partial charge in [0.1, 0.15) is 0 Å². The van der Waals surface area contributed by atoms with Gasteiger partial charge in [-0.1, -0.05) is 0 Å². The third kappa shape index (κ3) is 1.84. The van der Waals surface area contributed by atoms with Gasteiger partial charge in [-0.2, -0.15) is 0 Å². The van der Waals surface area contributed by atoms with Crippen LogP contribution in [0.1, 0.15) is 19.8 Å². The lowest BCUT2D eigenvalue weighted by Gasteiger charge is -2.16. The highest BCUT2D eigenvalue weighted by atomic mass is 16.7. The predicted octanol–water partition coefficient (Wildman–Crippen LogP) is 0.575. The van der Waals surface area contributed by atoms with Gasteiger partial charge in [0.15, 0.2) is 0 Å². The molecule has 0 aromatic heterocycles. The van der Waals surface area contributed by atoms with Crippen LogP contribution in [0.3, 0.4) is 0 Å². The van der Waals surface area contributed by atoms with Gasteiger partial charge in [0.25, 0.3) is 5.91 Å². The summed E-state index contributed by atoms with van der Waals surface area (Å²) >= 11 is 0. The summed E-state index contributed by atoms with van der Waals surface area (Å²) in [5.74, 6) is 0.120. The van der Waals surface area contributed by atoms with Crippen molar-refractivity contribution in [3.63, 3.8) is 0 Å². The lowest BCUT2D eigenvalue weighted by atomic mass is 10.1. The van der Waals surface area contributed by atoms with E-state index in [-0.39, 0.29) is 17.9 Å². The summed E-state index contributed by atoms with van der Waals surface area (Å²) in [6, 6.07) is 0. The Morgan fingerprint density at radius 1 is 1.54 bits per heavy atom. The average molecular weight is 185 g/mol. The topological polar surface area (TPSA) is 38.8 Å². The van der Waals surface area contributed by atoms with Crippen molar-refractivity contribution in [2.45, 2.75) is 25.9 Å². The number of carbonyl (C=O) groups is 1. The highest BCUT2D eigenvalue weighted by Gasteiger charge is 2.33. The molecule has 4 nitrogen and oxygen atoms in total. The van der Waals surface area contributed by atoms with Gasteiger partial charge in [0, 0.05) is 0 Å². The van der Waals surface area contributed by atoms with E-state index in [0.29, 0.717) is 13.2 Å². The SMILES string of the molecule is CC1CC(C(=O)N2CCCO2)CO1. The lowest BCUT2D eigenvalue weighted by molar-refractivity contribution is -0.173. The maximum absolute atomic E-state index is 11.7. The van der Waals surface area contributed by atoms with Gasteiger partial charge < -0.3 is 4.74 Å². The highest BCUT2D eigenvalue weighted by molar-refractivity contribution is 5.78. The quantitative estimate of drug-likeness (QED) is 0.599. The van der Waals surface area contributed by atoms with E-state index in [9.17, 15) is 4.79 Å². The first-order valence-electron chi connectivity index (χ1n) is 4.83. The zero-order valence-corrected chi connectivity index (χ0v) is 7.86. The summed E-state index contributed by atoms with van der Waals surface area (Å²) in [6.07, 6.45) is 2.00. The van der Waals surface area contributed by atoms with Crippen molar-refractivity contribution >= 4 is 5.91 Å². The summed E-state index contributed by atoms with van der Waals surface area (Å²) in [5.41, 5.74) is 0. The highest BCUT2D eigenvalue weighted by Crippen LogP contribution is 2.22. The van der Waals surface area contributed by atoms with E-state index >= 15 is 0 Å². The Balaban J connectivity index is 1.89. The molecular weight excluding hydrogens is 170 g/mol. The molecule has 0 radical (unpaired) electrons. The van der Waals surface area contributed by atoms with Gasteiger partial charge in [0.2, 0.25) is 0 Å². The van der Waals surface area contributed by atoms with Crippen molar-refractivity contribution in [1.82, 2.24) is 5.06 Å². The van der Waals surface area contributed by atoms with Crippen molar-refractivity contribution in [2.75, 3.05) is 19.8 Å². The first-order valence-corrected chi connectivity index (χ1v) is 4.83. The number of hydroxylamine groups is 2. The van der Waals surface area contributed by atoms with Gasteiger partial charge in [-0.3, -0.25) is 9.63 Å². The largest absolute Gasteiger partial charge is 0.378 e. The van der Waals surface area contributed by atoms with Crippen LogP contribution in [0.2, 0.25) is 0 Å². The summed E-state index contributed by atoms with van der Waals surface area (Å²) in [6.45, 7) is 3.97. The molecule has 2 atom stereocenters. The molecular formula is C9H15NO3. The van der Waals surface area contributed by atoms with Gasteiger partial charge in [-0.05, 0) is 19.8 Å². The molecule has 2 rings (SSSR count). The molecule has 2 aliphatic rings. The molecule has 0 aliphatic carbocycles. The number of hydrogen-bond donors (Lipinski definition) is 0. The second kappa shape index (κ2) is 3.64. The van der Waals surface area contributed by atoms with Gasteiger partial charge >= 0.3 is 0 Å². The zero-order chi connectivity index (χ0) is 9.26. The minimum Gasteiger partial charge on any atom is -0.378 e. The third-order valence-corrected chi connectivity index (χ3v) is 2.55. The molecule has 0 aromatic rings. The fourth-order valence-electron chi connectivity index (χ4n) is 1.81. The maximum atomic E-state index is 11.7. The Hall–Kier alpha value is -0.610. The van der Waals surface area contributed by atoms with E-state index in [1.54, 1.807) is 0 Å². The fraction of sp³-hybridized carbons (Fsp3) is 0.889. The van der Waals surface area contributed by atoms with Gasteiger partial charge in [-0.25, -0.2) is 5.06 Å². The third-order valence-electron chi connectivity index (χ3n) is 2.55. The smallest absolute Gasteiger partial charge is 0.251 e. The zero-order valence-electron chi connectivity index (χ0n) is 7.86. The molecule has 2 fully saturated rings. The molecule has 2 saturated heterocycles.